The maximum Gasteiger partial charge on any atom is 0.469 e. The fraction of sp³-hybridized carbons (Fsp3) is 0.641. The van der Waals surface area contributed by atoms with E-state index < -0.39 is 32.5 Å². The summed E-state index contributed by atoms with van der Waals surface area (Å²) in [6.07, 6.45) is 43.4. The Hall–Kier alpha value is -2.51. The van der Waals surface area contributed by atoms with Gasteiger partial charge in [-0.05, 0) is 77.0 Å². The molecule has 0 heterocycles. The van der Waals surface area contributed by atoms with E-state index in [0.717, 1.165) is 89.9 Å². The third-order valence-electron chi connectivity index (χ3n) is 7.21. The van der Waals surface area contributed by atoms with E-state index in [1.54, 1.807) is 0 Å². The van der Waals surface area contributed by atoms with Crippen molar-refractivity contribution in [1.82, 2.24) is 0 Å². The van der Waals surface area contributed by atoms with E-state index in [1.165, 1.54) is 12.8 Å². The minimum atomic E-state index is -4.76. The molecule has 0 bridgehead atoms. The molecule has 0 spiro atoms. The molecule has 0 unspecified atom stereocenters. The number of phosphoric acid groups is 1. The summed E-state index contributed by atoms with van der Waals surface area (Å²) >= 11 is 0. The van der Waals surface area contributed by atoms with Gasteiger partial charge in [0.2, 0.25) is 0 Å². The Morgan fingerprint density at radius 2 is 1.00 bits per heavy atom. The van der Waals surface area contributed by atoms with Crippen LogP contribution in [0.5, 0.6) is 0 Å². The lowest BCUT2D eigenvalue weighted by molar-refractivity contribution is -0.161. The lowest BCUT2D eigenvalue weighted by atomic mass is 10.1. The molecule has 2 N–H and O–H groups in total. The lowest BCUT2D eigenvalue weighted by Gasteiger charge is -2.18. The van der Waals surface area contributed by atoms with Gasteiger partial charge in [0.05, 0.1) is 6.61 Å². The molecule has 0 aromatic heterocycles. The second-order valence-corrected chi connectivity index (χ2v) is 13.0. The molecule has 0 radical (unpaired) electrons. The van der Waals surface area contributed by atoms with E-state index in [1.807, 2.05) is 0 Å². The number of carbonyl (C=O) groups is 2. The van der Waals surface area contributed by atoms with Gasteiger partial charge in [-0.3, -0.25) is 14.1 Å². The number of ether oxygens (including phenoxy) is 2. The zero-order chi connectivity index (χ0) is 35.4. The summed E-state index contributed by atoms with van der Waals surface area (Å²) in [4.78, 5) is 42.6. The first-order valence-corrected chi connectivity index (χ1v) is 19.8. The normalized spacial score (nSPS) is 13.3. The molecular weight excluding hydrogens is 627 g/mol. The highest BCUT2D eigenvalue weighted by atomic mass is 31.2. The Labute approximate surface area is 291 Å². The molecule has 0 fully saturated rings. The quantitative estimate of drug-likeness (QED) is 0.0309. The van der Waals surface area contributed by atoms with Crippen LogP contribution >= 0.6 is 7.82 Å². The van der Waals surface area contributed by atoms with Gasteiger partial charge in [0, 0.05) is 12.8 Å². The number of unbranched alkanes of at least 4 members (excludes halogenated alkanes) is 10. The first-order chi connectivity index (χ1) is 23.3. The summed E-state index contributed by atoms with van der Waals surface area (Å²) in [7, 11) is -4.76. The van der Waals surface area contributed by atoms with Crippen LogP contribution in [0, 0.1) is 0 Å². The predicted octanol–water partition coefficient (Wildman–Crippen LogP) is 10.7. The molecule has 0 aliphatic rings. The second-order valence-electron chi connectivity index (χ2n) is 11.8. The van der Waals surface area contributed by atoms with Crippen molar-refractivity contribution in [3.63, 3.8) is 0 Å². The number of allylic oxidation sites excluding steroid dienone is 12. The Balaban J connectivity index is 4.08. The number of hydrogen-bond donors (Lipinski definition) is 2. The Morgan fingerprint density at radius 1 is 0.562 bits per heavy atom. The Morgan fingerprint density at radius 3 is 1.54 bits per heavy atom. The zero-order valence-corrected chi connectivity index (χ0v) is 30.7. The van der Waals surface area contributed by atoms with Crippen LogP contribution in [0.1, 0.15) is 142 Å². The predicted molar refractivity (Wildman–Crippen MR) is 197 cm³/mol. The van der Waals surface area contributed by atoms with Crippen LogP contribution in [0.15, 0.2) is 72.9 Å². The largest absolute Gasteiger partial charge is 0.469 e. The minimum absolute atomic E-state index is 0.167. The molecule has 274 valence electrons. The molecule has 8 nitrogen and oxygen atoms in total. The van der Waals surface area contributed by atoms with Crippen molar-refractivity contribution in [1.29, 1.82) is 0 Å². The van der Waals surface area contributed by atoms with Crippen molar-refractivity contribution in [2.24, 2.45) is 0 Å². The van der Waals surface area contributed by atoms with Gasteiger partial charge >= 0.3 is 19.8 Å². The van der Waals surface area contributed by atoms with Gasteiger partial charge in [-0.2, -0.15) is 0 Å². The van der Waals surface area contributed by atoms with Gasteiger partial charge < -0.3 is 19.3 Å². The highest BCUT2D eigenvalue weighted by Gasteiger charge is 2.22. The fourth-order valence-corrected chi connectivity index (χ4v) is 4.86. The topological polar surface area (TPSA) is 119 Å². The Bertz CT molecular complexity index is 1010. The van der Waals surface area contributed by atoms with Crippen molar-refractivity contribution < 1.29 is 37.9 Å². The van der Waals surface area contributed by atoms with Crippen LogP contribution in [-0.2, 0) is 28.2 Å². The molecule has 0 aromatic carbocycles. The van der Waals surface area contributed by atoms with Crippen LogP contribution < -0.4 is 0 Å². The highest BCUT2D eigenvalue weighted by Crippen LogP contribution is 2.35. The monoisotopic (exact) mass is 692 g/mol. The zero-order valence-electron chi connectivity index (χ0n) is 29.9. The second kappa shape index (κ2) is 34.4. The third-order valence-corrected chi connectivity index (χ3v) is 7.69. The number of hydrogen-bond acceptors (Lipinski definition) is 6. The van der Waals surface area contributed by atoms with Gasteiger partial charge in [-0.1, -0.05) is 125 Å². The van der Waals surface area contributed by atoms with E-state index in [9.17, 15) is 14.2 Å². The fourth-order valence-electron chi connectivity index (χ4n) is 4.50. The summed E-state index contributed by atoms with van der Waals surface area (Å²) in [5, 5.41) is 0. The van der Waals surface area contributed by atoms with Crippen LogP contribution in [0.3, 0.4) is 0 Å². The molecule has 0 saturated heterocycles. The van der Waals surface area contributed by atoms with Crippen molar-refractivity contribution in [2.45, 2.75) is 148 Å². The summed E-state index contributed by atoms with van der Waals surface area (Å²) in [6, 6.07) is 0. The van der Waals surface area contributed by atoms with Gasteiger partial charge in [-0.25, -0.2) is 4.57 Å². The van der Waals surface area contributed by atoms with E-state index in [4.69, 9.17) is 19.3 Å². The Kier molecular flexibility index (Phi) is 32.6. The standard InChI is InChI=1S/C39H65O8P/c1-3-5-7-9-11-13-15-16-17-18-19-20-21-22-24-26-28-30-32-34-39(41)47-37(36-46-48(42,43)44)35-45-38(40)33-31-29-27-25-23-14-12-10-8-6-4-2/h5,7,10-13,16-17,19-20,22,24,37H,3-4,6,8-9,14-15,18,21,23,25-36H2,1-2H3,(H2,42,43,44)/b7-5+,12-10+,13-11+,17-16+,20-19+,24-22+/t37-/m1/s1. The summed E-state index contributed by atoms with van der Waals surface area (Å²) in [5.41, 5.74) is 0. The van der Waals surface area contributed by atoms with Crippen LogP contribution in [-0.4, -0.2) is 41.0 Å². The molecular formula is C39H65O8P. The first-order valence-electron chi connectivity index (χ1n) is 18.2. The molecule has 1 atom stereocenters. The SMILES string of the molecule is CC/C=C/C/C=C/C/C=C/C/C=C/C/C=C/CCCCCC(=O)O[C@H](COC(=O)CCCCCCC/C=C/CCCC)COP(=O)(O)O. The van der Waals surface area contributed by atoms with Gasteiger partial charge in [0.15, 0.2) is 6.10 Å². The molecule has 48 heavy (non-hydrogen) atoms. The highest BCUT2D eigenvalue weighted by molar-refractivity contribution is 7.46. The molecule has 0 aliphatic carbocycles. The molecule has 0 amide bonds. The van der Waals surface area contributed by atoms with Crippen molar-refractivity contribution >= 4 is 19.8 Å². The van der Waals surface area contributed by atoms with Crippen molar-refractivity contribution in [3.8, 4) is 0 Å². The minimum Gasteiger partial charge on any atom is -0.462 e. The maximum absolute atomic E-state index is 12.3. The molecule has 0 aliphatic heterocycles. The first kappa shape index (κ1) is 45.5. The van der Waals surface area contributed by atoms with Crippen LogP contribution in [0.25, 0.3) is 0 Å². The third kappa shape index (κ3) is 36.3. The lowest BCUT2D eigenvalue weighted by Crippen LogP contribution is -2.29. The molecule has 0 rings (SSSR count). The van der Waals surface area contributed by atoms with Crippen molar-refractivity contribution in [2.75, 3.05) is 13.2 Å². The van der Waals surface area contributed by atoms with Crippen molar-refractivity contribution in [3.05, 3.63) is 72.9 Å². The van der Waals surface area contributed by atoms with Gasteiger partial charge in [0.25, 0.3) is 0 Å². The van der Waals surface area contributed by atoms with E-state index >= 15 is 0 Å². The number of phosphoric ester groups is 1. The van der Waals surface area contributed by atoms with Gasteiger partial charge in [0.1, 0.15) is 6.61 Å². The summed E-state index contributed by atoms with van der Waals surface area (Å²) < 4.78 is 26.2. The number of rotatable bonds is 32. The molecule has 0 aromatic rings. The number of carbonyl (C=O) groups excluding carboxylic acids is 2. The summed E-state index contributed by atoms with van der Waals surface area (Å²) in [6.45, 7) is 3.47. The summed E-state index contributed by atoms with van der Waals surface area (Å²) in [5.74, 6) is -0.943. The molecule has 0 saturated carbocycles. The average Bonchev–Trinajstić information content (AvgIpc) is 3.05. The van der Waals surface area contributed by atoms with Crippen LogP contribution in [0.4, 0.5) is 0 Å². The smallest absolute Gasteiger partial charge is 0.462 e. The van der Waals surface area contributed by atoms with Crippen LogP contribution in [0.2, 0.25) is 0 Å². The van der Waals surface area contributed by atoms with E-state index in [0.29, 0.717) is 12.8 Å². The molecule has 9 heteroatoms. The van der Waals surface area contributed by atoms with E-state index in [2.05, 4.69) is 91.3 Å². The van der Waals surface area contributed by atoms with Gasteiger partial charge in [-0.15, -0.1) is 0 Å². The maximum atomic E-state index is 12.3. The average molecular weight is 693 g/mol. The van der Waals surface area contributed by atoms with E-state index in [-0.39, 0.29) is 19.4 Å². The number of esters is 2.